The van der Waals surface area contributed by atoms with Gasteiger partial charge in [-0.3, -0.25) is 33.3 Å². The molecule has 0 saturated carbocycles. The van der Waals surface area contributed by atoms with Crippen molar-refractivity contribution < 1.29 is 62.0 Å². The summed E-state index contributed by atoms with van der Waals surface area (Å²) in [5.41, 5.74) is 0. The average molecular weight is 1000 g/mol. The van der Waals surface area contributed by atoms with Gasteiger partial charge in [-0.05, 0) is 32.1 Å². The van der Waals surface area contributed by atoms with Crippen LogP contribution in [-0.4, -0.2) is 108 Å². The van der Waals surface area contributed by atoms with Crippen LogP contribution in [-0.2, 0) is 57.2 Å². The average Bonchev–Trinajstić information content (AvgIpc) is 3.90. The van der Waals surface area contributed by atoms with Crippen molar-refractivity contribution in [1.82, 2.24) is 14.5 Å². The molecule has 0 unspecified atom stereocenters. The maximum absolute atomic E-state index is 13.7. The molecule has 1 fully saturated rings. The van der Waals surface area contributed by atoms with E-state index in [0.29, 0.717) is 32.1 Å². The topological polar surface area (TPSA) is 196 Å². The van der Waals surface area contributed by atoms with Crippen LogP contribution in [0.15, 0.2) is 18.7 Å². The highest BCUT2D eigenvalue weighted by atomic mass is 16.6. The summed E-state index contributed by atoms with van der Waals surface area (Å²) in [4.78, 5) is 96.3. The number of ether oxygens (including phenoxy) is 6. The van der Waals surface area contributed by atoms with Crippen molar-refractivity contribution in [1.29, 1.82) is 0 Å². The summed E-state index contributed by atoms with van der Waals surface area (Å²) >= 11 is 0. The van der Waals surface area contributed by atoms with E-state index < -0.39 is 41.9 Å². The van der Waals surface area contributed by atoms with E-state index in [1.54, 1.807) is 0 Å². The van der Waals surface area contributed by atoms with Gasteiger partial charge in [-0.25, -0.2) is 9.78 Å². The number of hydrogen-bond acceptors (Lipinski definition) is 14. The lowest BCUT2D eigenvalue weighted by atomic mass is 9.94. The Morgan fingerprint density at radius 3 is 1.04 bits per heavy atom. The molecule has 0 N–H and O–H groups in total. The molecular formula is C55H93N3O13. The second-order valence-electron chi connectivity index (χ2n) is 19.5. The zero-order chi connectivity index (χ0) is 51.7. The number of unbranched alkanes of at least 4 members (excludes halogenated alkanes) is 20. The molecule has 2 rings (SSSR count). The Morgan fingerprint density at radius 2 is 0.746 bits per heavy atom. The van der Waals surface area contributed by atoms with Crippen molar-refractivity contribution in [2.75, 3.05) is 39.6 Å². The lowest BCUT2D eigenvalue weighted by Crippen LogP contribution is -2.63. The number of carbonyl (C=O) groups is 7. The SMILES string of the molecule is CCCCCCCCC(=O)OCC(COC(=O)CCCCCCCC)CC(=O)OC[C@H]1C[C@H](COC(=O)CC(COC(=O)CCCCCCCC)COC(=O)CCCCCCCC)N1C(=O)n1ccnc1. The third kappa shape index (κ3) is 30.9. The van der Waals surface area contributed by atoms with Crippen molar-refractivity contribution in [2.45, 2.75) is 239 Å². The van der Waals surface area contributed by atoms with Crippen LogP contribution in [0.3, 0.4) is 0 Å². The fourth-order valence-corrected chi connectivity index (χ4v) is 8.45. The number of rotatable bonds is 44. The van der Waals surface area contributed by atoms with Crippen LogP contribution in [0.4, 0.5) is 4.79 Å². The summed E-state index contributed by atoms with van der Waals surface area (Å²) in [6.45, 7) is 7.87. The minimum absolute atomic E-state index is 0.111. The molecule has 16 nitrogen and oxygen atoms in total. The van der Waals surface area contributed by atoms with Gasteiger partial charge in [0.05, 0.1) is 51.4 Å². The van der Waals surface area contributed by atoms with Crippen LogP contribution in [0.5, 0.6) is 0 Å². The Kier molecular flexibility index (Phi) is 36.2. The first kappa shape index (κ1) is 62.6. The molecular weight excluding hydrogens is 911 g/mol. The summed E-state index contributed by atoms with van der Waals surface area (Å²) in [6.07, 6.45) is 29.9. The summed E-state index contributed by atoms with van der Waals surface area (Å²) in [5, 5.41) is 0. The number of amides is 1. The molecule has 1 amide bonds. The quantitative estimate of drug-likeness (QED) is 0.0340. The van der Waals surface area contributed by atoms with Gasteiger partial charge >= 0.3 is 41.8 Å². The predicted octanol–water partition coefficient (Wildman–Crippen LogP) is 11.6. The molecule has 0 radical (unpaired) electrons. The maximum Gasteiger partial charge on any atom is 0.330 e. The van der Waals surface area contributed by atoms with E-state index >= 15 is 0 Å². The number of likely N-dealkylation sites (tertiary alicyclic amines) is 1. The molecule has 1 aromatic rings. The minimum Gasteiger partial charge on any atom is -0.465 e. The highest BCUT2D eigenvalue weighted by Crippen LogP contribution is 2.28. The maximum atomic E-state index is 13.7. The number of imidazole rings is 1. The predicted molar refractivity (Wildman–Crippen MR) is 271 cm³/mol. The van der Waals surface area contributed by atoms with Gasteiger partial charge in [0.1, 0.15) is 19.5 Å². The lowest BCUT2D eigenvalue weighted by molar-refractivity contribution is -0.159. The zero-order valence-electron chi connectivity index (χ0n) is 44.4. The molecule has 1 saturated heterocycles. The van der Waals surface area contributed by atoms with Crippen LogP contribution in [0.25, 0.3) is 0 Å². The minimum atomic E-state index is -0.627. The van der Waals surface area contributed by atoms with Crippen LogP contribution in [0, 0.1) is 11.8 Å². The van der Waals surface area contributed by atoms with Gasteiger partial charge < -0.3 is 33.3 Å². The molecule has 0 bridgehead atoms. The number of aromatic nitrogens is 2. The summed E-state index contributed by atoms with van der Waals surface area (Å²) in [6, 6.07) is -1.55. The molecule has 71 heavy (non-hydrogen) atoms. The number of nitrogens with zero attached hydrogens (tertiary/aromatic N) is 3. The van der Waals surface area contributed by atoms with E-state index in [0.717, 1.165) is 103 Å². The first-order valence-electron chi connectivity index (χ1n) is 27.7. The standard InChI is InChI=1S/C55H93N3O13/c1-5-9-13-17-21-25-29-49(59)66-38-45(39-67-50(60)30-26-22-18-14-10-6-2)35-53(63)70-42-47-37-48(58(47)55(65)57-34-33-56-44-57)43-71-54(64)36-46(40-68-51(61)31-27-23-19-15-11-7-3)41-69-52(62)32-28-24-20-16-12-8-4/h33-34,44-48H,5-32,35-43H2,1-4H3/t47-,48-/m1/s1. The Bertz CT molecular complexity index is 1450. The van der Waals surface area contributed by atoms with E-state index in [9.17, 15) is 33.6 Å². The Balaban J connectivity index is 2.00. The van der Waals surface area contributed by atoms with Crippen LogP contribution in [0.1, 0.15) is 227 Å². The van der Waals surface area contributed by atoms with Gasteiger partial charge in [0, 0.05) is 49.9 Å². The highest BCUT2D eigenvalue weighted by Gasteiger charge is 2.44. The van der Waals surface area contributed by atoms with Crippen molar-refractivity contribution in [2.24, 2.45) is 11.8 Å². The molecule has 406 valence electrons. The monoisotopic (exact) mass is 1000 g/mol. The first-order valence-corrected chi connectivity index (χ1v) is 27.7. The Labute approximate surface area is 426 Å². The van der Waals surface area contributed by atoms with Gasteiger partial charge in [-0.15, -0.1) is 0 Å². The largest absolute Gasteiger partial charge is 0.465 e. The highest BCUT2D eigenvalue weighted by molar-refractivity contribution is 5.79. The van der Waals surface area contributed by atoms with Crippen LogP contribution < -0.4 is 0 Å². The number of esters is 6. The number of carbonyl (C=O) groups excluding carboxylic acids is 7. The second-order valence-corrected chi connectivity index (χ2v) is 19.5. The zero-order valence-corrected chi connectivity index (χ0v) is 44.4. The fourth-order valence-electron chi connectivity index (χ4n) is 8.45. The molecule has 1 aromatic heterocycles. The summed E-state index contributed by atoms with van der Waals surface area (Å²) in [5.74, 6) is -3.94. The molecule has 0 aromatic carbocycles. The normalized spacial score (nSPS) is 14.3. The van der Waals surface area contributed by atoms with E-state index in [1.165, 1.54) is 53.9 Å². The van der Waals surface area contributed by atoms with Crippen molar-refractivity contribution >= 4 is 41.8 Å². The van der Waals surface area contributed by atoms with Gasteiger partial charge in [0.2, 0.25) is 0 Å². The first-order chi connectivity index (χ1) is 34.5. The van der Waals surface area contributed by atoms with Crippen molar-refractivity contribution in [3.05, 3.63) is 18.7 Å². The third-order valence-corrected chi connectivity index (χ3v) is 12.9. The molecule has 1 aliphatic rings. The second kappa shape index (κ2) is 41.0. The molecule has 0 aliphatic carbocycles. The molecule has 16 heteroatoms. The van der Waals surface area contributed by atoms with Gasteiger partial charge in [-0.1, -0.05) is 156 Å². The van der Waals surface area contributed by atoms with Gasteiger partial charge in [0.15, 0.2) is 0 Å². The lowest BCUT2D eigenvalue weighted by Gasteiger charge is -2.47. The van der Waals surface area contributed by atoms with Crippen molar-refractivity contribution in [3.8, 4) is 0 Å². The van der Waals surface area contributed by atoms with Gasteiger partial charge in [-0.2, -0.15) is 0 Å². The van der Waals surface area contributed by atoms with Gasteiger partial charge in [0.25, 0.3) is 0 Å². The Hall–Kier alpha value is -4.50. The molecule has 1 aliphatic heterocycles. The summed E-state index contributed by atoms with van der Waals surface area (Å²) < 4.78 is 34.9. The summed E-state index contributed by atoms with van der Waals surface area (Å²) in [7, 11) is 0. The smallest absolute Gasteiger partial charge is 0.330 e. The van der Waals surface area contributed by atoms with Crippen molar-refractivity contribution in [3.63, 3.8) is 0 Å². The third-order valence-electron chi connectivity index (χ3n) is 12.9. The van der Waals surface area contributed by atoms with Crippen LogP contribution in [0.2, 0.25) is 0 Å². The molecule has 0 spiro atoms. The van der Waals surface area contributed by atoms with E-state index in [1.807, 2.05) is 0 Å². The Morgan fingerprint density at radius 1 is 0.437 bits per heavy atom. The fraction of sp³-hybridized carbons (Fsp3) is 0.818. The van der Waals surface area contributed by atoms with E-state index in [-0.39, 0.29) is 102 Å². The number of hydrogen-bond donors (Lipinski definition) is 0. The molecule has 2 heterocycles. The van der Waals surface area contributed by atoms with Crippen LogP contribution >= 0.6 is 0 Å². The molecule has 2 atom stereocenters. The van der Waals surface area contributed by atoms with E-state index in [2.05, 4.69) is 32.7 Å². The van der Waals surface area contributed by atoms with E-state index in [4.69, 9.17) is 28.4 Å².